The molecule has 0 radical (unpaired) electrons. The van der Waals surface area contributed by atoms with Gasteiger partial charge >= 0.3 is 0 Å². The SMILES string of the molecule is CCSC1CCC(n2c(CC)nc3cc(N)ccc32)C1. The summed E-state index contributed by atoms with van der Waals surface area (Å²) in [5, 5.41) is 0.820. The van der Waals surface area contributed by atoms with E-state index in [1.165, 1.54) is 36.4 Å². The second-order valence-electron chi connectivity index (χ2n) is 5.54. The van der Waals surface area contributed by atoms with E-state index in [2.05, 4.69) is 36.2 Å². The van der Waals surface area contributed by atoms with Crippen molar-refractivity contribution in [1.29, 1.82) is 0 Å². The van der Waals surface area contributed by atoms with Crippen LogP contribution in [0, 0.1) is 0 Å². The molecule has 3 rings (SSSR count). The summed E-state index contributed by atoms with van der Waals surface area (Å²) in [6, 6.07) is 6.74. The Morgan fingerprint density at radius 2 is 2.20 bits per heavy atom. The smallest absolute Gasteiger partial charge is 0.109 e. The van der Waals surface area contributed by atoms with Crippen molar-refractivity contribution in [3.8, 4) is 0 Å². The first-order valence-corrected chi connectivity index (χ1v) is 8.65. The third-order valence-corrected chi connectivity index (χ3v) is 5.46. The van der Waals surface area contributed by atoms with Crippen LogP contribution >= 0.6 is 11.8 Å². The molecule has 0 aliphatic heterocycles. The summed E-state index contributed by atoms with van der Waals surface area (Å²) in [5.74, 6) is 2.43. The maximum atomic E-state index is 5.89. The van der Waals surface area contributed by atoms with Gasteiger partial charge < -0.3 is 10.3 Å². The van der Waals surface area contributed by atoms with Gasteiger partial charge in [-0.05, 0) is 43.2 Å². The van der Waals surface area contributed by atoms with E-state index >= 15 is 0 Å². The number of nitrogen functional groups attached to an aromatic ring is 1. The fraction of sp³-hybridized carbons (Fsp3) is 0.562. The third-order valence-electron chi connectivity index (χ3n) is 4.23. The van der Waals surface area contributed by atoms with Crippen molar-refractivity contribution >= 4 is 28.5 Å². The zero-order valence-corrected chi connectivity index (χ0v) is 13.1. The van der Waals surface area contributed by atoms with Gasteiger partial charge in [0.25, 0.3) is 0 Å². The number of aryl methyl sites for hydroxylation is 1. The molecule has 0 amide bonds. The summed E-state index contributed by atoms with van der Waals surface area (Å²) in [6.07, 6.45) is 4.87. The van der Waals surface area contributed by atoms with Crippen molar-refractivity contribution in [3.63, 3.8) is 0 Å². The van der Waals surface area contributed by atoms with Crippen LogP contribution in [0.1, 0.15) is 45.0 Å². The van der Waals surface area contributed by atoms with Crippen LogP contribution in [0.5, 0.6) is 0 Å². The molecule has 2 unspecified atom stereocenters. The van der Waals surface area contributed by atoms with Crippen molar-refractivity contribution in [2.75, 3.05) is 11.5 Å². The van der Waals surface area contributed by atoms with E-state index in [9.17, 15) is 0 Å². The molecule has 3 nitrogen and oxygen atoms in total. The van der Waals surface area contributed by atoms with Gasteiger partial charge in [-0.1, -0.05) is 13.8 Å². The second-order valence-corrected chi connectivity index (χ2v) is 7.12. The molecule has 1 heterocycles. The van der Waals surface area contributed by atoms with Crippen molar-refractivity contribution in [1.82, 2.24) is 9.55 Å². The minimum absolute atomic E-state index is 0.614. The summed E-state index contributed by atoms with van der Waals surface area (Å²) in [7, 11) is 0. The predicted octanol–water partition coefficient (Wildman–Crippen LogP) is 4.03. The summed E-state index contributed by atoms with van der Waals surface area (Å²) < 4.78 is 2.48. The quantitative estimate of drug-likeness (QED) is 0.864. The number of nitrogens with two attached hydrogens (primary N) is 1. The van der Waals surface area contributed by atoms with Gasteiger partial charge in [-0.25, -0.2) is 4.98 Å². The Morgan fingerprint density at radius 3 is 2.95 bits per heavy atom. The van der Waals surface area contributed by atoms with Crippen LogP contribution < -0.4 is 5.73 Å². The molecule has 0 spiro atoms. The van der Waals surface area contributed by atoms with Gasteiger partial charge in [0.1, 0.15) is 5.82 Å². The average Bonchev–Trinajstić information content (AvgIpc) is 3.02. The molecule has 2 aromatic rings. The standard InChI is InChI=1S/C16H23N3S/c1-3-16-18-14-9-11(17)5-8-15(14)19(16)12-6-7-13(10-12)20-4-2/h5,8-9,12-13H,3-4,6-7,10,17H2,1-2H3. The van der Waals surface area contributed by atoms with Gasteiger partial charge in [-0.15, -0.1) is 0 Å². The Hall–Kier alpha value is -1.16. The molecule has 1 aliphatic rings. The maximum Gasteiger partial charge on any atom is 0.109 e. The fourth-order valence-electron chi connectivity index (χ4n) is 3.36. The van der Waals surface area contributed by atoms with E-state index in [0.29, 0.717) is 6.04 Å². The molecule has 2 atom stereocenters. The summed E-state index contributed by atoms with van der Waals surface area (Å²) in [4.78, 5) is 4.78. The Kier molecular flexibility index (Phi) is 3.92. The van der Waals surface area contributed by atoms with Gasteiger partial charge in [0.2, 0.25) is 0 Å². The molecule has 0 saturated heterocycles. The van der Waals surface area contributed by atoms with Crippen LogP contribution in [0.3, 0.4) is 0 Å². The zero-order valence-electron chi connectivity index (χ0n) is 12.3. The summed E-state index contributed by atoms with van der Waals surface area (Å²) in [5.41, 5.74) is 8.99. The molecular formula is C16H23N3S. The van der Waals surface area contributed by atoms with Gasteiger partial charge in [0.05, 0.1) is 11.0 Å². The average molecular weight is 289 g/mol. The fourth-order valence-corrected chi connectivity index (χ4v) is 4.49. The number of nitrogens with zero attached hydrogens (tertiary/aromatic N) is 2. The Labute approximate surface area is 124 Å². The van der Waals surface area contributed by atoms with Gasteiger partial charge in [-0.2, -0.15) is 11.8 Å². The van der Waals surface area contributed by atoms with Crippen LogP contribution in [0.2, 0.25) is 0 Å². The number of hydrogen-bond donors (Lipinski definition) is 1. The number of aromatic nitrogens is 2. The van der Waals surface area contributed by atoms with Crippen molar-refractivity contribution < 1.29 is 0 Å². The first-order valence-electron chi connectivity index (χ1n) is 7.60. The lowest BCUT2D eigenvalue weighted by molar-refractivity contribution is 0.514. The third kappa shape index (κ3) is 2.41. The van der Waals surface area contributed by atoms with E-state index in [1.807, 2.05) is 12.1 Å². The van der Waals surface area contributed by atoms with E-state index in [0.717, 1.165) is 22.9 Å². The first-order chi connectivity index (χ1) is 9.72. The van der Waals surface area contributed by atoms with Crippen LogP contribution in [0.25, 0.3) is 11.0 Å². The Morgan fingerprint density at radius 1 is 1.35 bits per heavy atom. The highest BCUT2D eigenvalue weighted by Gasteiger charge is 2.28. The lowest BCUT2D eigenvalue weighted by atomic mass is 10.2. The lowest BCUT2D eigenvalue weighted by Crippen LogP contribution is -2.10. The molecule has 20 heavy (non-hydrogen) atoms. The second kappa shape index (κ2) is 5.68. The van der Waals surface area contributed by atoms with E-state index in [4.69, 9.17) is 10.7 Å². The van der Waals surface area contributed by atoms with Crippen LogP contribution in [-0.2, 0) is 6.42 Å². The summed E-state index contributed by atoms with van der Waals surface area (Å²) in [6.45, 7) is 4.44. The molecule has 108 valence electrons. The van der Waals surface area contributed by atoms with Crippen molar-refractivity contribution in [3.05, 3.63) is 24.0 Å². The predicted molar refractivity (Wildman–Crippen MR) is 88.3 cm³/mol. The minimum Gasteiger partial charge on any atom is -0.399 e. The number of imidazole rings is 1. The monoisotopic (exact) mass is 289 g/mol. The Bertz CT molecular complexity index is 605. The first kappa shape index (κ1) is 13.8. The molecular weight excluding hydrogens is 266 g/mol. The number of benzene rings is 1. The molecule has 1 aliphatic carbocycles. The minimum atomic E-state index is 0.614. The molecule has 4 heteroatoms. The Balaban J connectivity index is 1.98. The number of thioether (sulfide) groups is 1. The number of anilines is 1. The highest BCUT2D eigenvalue weighted by Crippen LogP contribution is 2.39. The molecule has 0 bridgehead atoms. The van der Waals surface area contributed by atoms with E-state index in [1.54, 1.807) is 0 Å². The topological polar surface area (TPSA) is 43.8 Å². The zero-order chi connectivity index (χ0) is 14.1. The van der Waals surface area contributed by atoms with Crippen LogP contribution in [0.4, 0.5) is 5.69 Å². The van der Waals surface area contributed by atoms with Crippen LogP contribution in [-0.4, -0.2) is 20.6 Å². The summed E-state index contributed by atoms with van der Waals surface area (Å²) >= 11 is 2.11. The van der Waals surface area contributed by atoms with Gasteiger partial charge in [0.15, 0.2) is 0 Å². The van der Waals surface area contributed by atoms with E-state index in [-0.39, 0.29) is 0 Å². The molecule has 1 saturated carbocycles. The van der Waals surface area contributed by atoms with Gasteiger partial charge in [-0.3, -0.25) is 0 Å². The number of fused-ring (bicyclic) bond motifs is 1. The molecule has 1 fully saturated rings. The molecule has 2 N–H and O–H groups in total. The lowest BCUT2D eigenvalue weighted by Gasteiger charge is -2.16. The maximum absolute atomic E-state index is 5.89. The highest BCUT2D eigenvalue weighted by atomic mass is 32.2. The number of rotatable bonds is 4. The van der Waals surface area contributed by atoms with E-state index < -0.39 is 0 Å². The molecule has 1 aromatic heterocycles. The highest BCUT2D eigenvalue weighted by molar-refractivity contribution is 7.99. The molecule has 1 aromatic carbocycles. The van der Waals surface area contributed by atoms with Crippen molar-refractivity contribution in [2.24, 2.45) is 0 Å². The van der Waals surface area contributed by atoms with Crippen LogP contribution in [0.15, 0.2) is 18.2 Å². The normalized spacial score (nSPS) is 22.7. The van der Waals surface area contributed by atoms with Gasteiger partial charge in [0, 0.05) is 23.4 Å². The van der Waals surface area contributed by atoms with Crippen molar-refractivity contribution in [2.45, 2.75) is 50.8 Å². The number of hydrogen-bond acceptors (Lipinski definition) is 3. The largest absolute Gasteiger partial charge is 0.399 e.